The lowest BCUT2D eigenvalue weighted by molar-refractivity contribution is 0.110. The fourth-order valence-corrected chi connectivity index (χ4v) is 2.68. The molecule has 0 atom stereocenters. The maximum atomic E-state index is 5.56. The van der Waals surface area contributed by atoms with E-state index in [4.69, 9.17) is 19.2 Å². The zero-order valence-corrected chi connectivity index (χ0v) is 11.9. The first kappa shape index (κ1) is 13.0. The van der Waals surface area contributed by atoms with Crippen molar-refractivity contribution < 1.29 is 14.2 Å². The number of ether oxygens (including phenoxy) is 3. The first-order valence-electron chi connectivity index (χ1n) is 6.61. The van der Waals surface area contributed by atoms with Crippen LogP contribution in [-0.2, 0) is 17.8 Å². The van der Waals surface area contributed by atoms with Crippen LogP contribution < -0.4 is 14.8 Å². The summed E-state index contributed by atoms with van der Waals surface area (Å²) in [6, 6.07) is 3.81. The smallest absolute Gasteiger partial charge is 0.134 e. The molecule has 2 heterocycles. The number of aromatic nitrogens is 1. The molecule has 1 aromatic carbocycles. The normalized spacial score (nSPS) is 13.9. The predicted molar refractivity (Wildman–Crippen MR) is 77.8 cm³/mol. The summed E-state index contributed by atoms with van der Waals surface area (Å²) < 4.78 is 16.4. The van der Waals surface area contributed by atoms with Crippen molar-refractivity contribution >= 4 is 16.6 Å². The Morgan fingerprint density at radius 1 is 1.25 bits per heavy atom. The maximum absolute atomic E-state index is 5.56. The second-order valence-corrected chi connectivity index (χ2v) is 4.69. The Morgan fingerprint density at radius 3 is 2.80 bits per heavy atom. The Labute approximate surface area is 117 Å². The molecule has 0 saturated carbocycles. The van der Waals surface area contributed by atoms with Crippen LogP contribution in [0, 0.1) is 0 Å². The van der Waals surface area contributed by atoms with Crippen LogP contribution >= 0.6 is 0 Å². The van der Waals surface area contributed by atoms with E-state index in [1.165, 1.54) is 0 Å². The van der Waals surface area contributed by atoms with E-state index in [0.29, 0.717) is 6.61 Å². The minimum Gasteiger partial charge on any atom is -0.497 e. The molecule has 20 heavy (non-hydrogen) atoms. The Balaban J connectivity index is 2.36. The Kier molecular flexibility index (Phi) is 3.36. The molecule has 2 aromatic rings. The third kappa shape index (κ3) is 1.94. The third-order valence-corrected chi connectivity index (χ3v) is 3.65. The topological polar surface area (TPSA) is 52.6 Å². The monoisotopic (exact) mass is 274 g/mol. The van der Waals surface area contributed by atoms with Crippen molar-refractivity contribution in [3.63, 3.8) is 0 Å². The molecule has 0 radical (unpaired) electrons. The van der Waals surface area contributed by atoms with E-state index in [-0.39, 0.29) is 0 Å². The molecular formula is C15H18N2O3. The van der Waals surface area contributed by atoms with Crippen molar-refractivity contribution in [2.45, 2.75) is 13.0 Å². The van der Waals surface area contributed by atoms with Gasteiger partial charge >= 0.3 is 0 Å². The van der Waals surface area contributed by atoms with Gasteiger partial charge in [-0.25, -0.2) is 0 Å². The molecule has 0 spiro atoms. The number of nitrogens with one attached hydrogen (secondary N) is 1. The molecule has 0 saturated heterocycles. The van der Waals surface area contributed by atoms with E-state index in [1.807, 2.05) is 19.2 Å². The number of benzene rings is 1. The van der Waals surface area contributed by atoms with Gasteiger partial charge in [-0.1, -0.05) is 0 Å². The van der Waals surface area contributed by atoms with Crippen LogP contribution in [0.5, 0.6) is 11.5 Å². The van der Waals surface area contributed by atoms with Crippen molar-refractivity contribution in [2.24, 2.45) is 0 Å². The lowest BCUT2D eigenvalue weighted by Crippen LogP contribution is -2.14. The summed E-state index contributed by atoms with van der Waals surface area (Å²) in [7, 11) is 5.21. The van der Waals surface area contributed by atoms with Gasteiger partial charge < -0.3 is 19.5 Å². The van der Waals surface area contributed by atoms with Gasteiger partial charge in [-0.05, 0) is 0 Å². The second-order valence-electron chi connectivity index (χ2n) is 4.69. The fourth-order valence-electron chi connectivity index (χ4n) is 2.68. The largest absolute Gasteiger partial charge is 0.497 e. The van der Waals surface area contributed by atoms with Crippen molar-refractivity contribution in [1.82, 2.24) is 4.98 Å². The molecule has 106 valence electrons. The number of hydrogen-bond acceptors (Lipinski definition) is 5. The second kappa shape index (κ2) is 5.17. The van der Waals surface area contributed by atoms with Gasteiger partial charge in [0.2, 0.25) is 0 Å². The zero-order chi connectivity index (χ0) is 14.1. The highest BCUT2D eigenvalue weighted by Crippen LogP contribution is 2.39. The summed E-state index contributed by atoms with van der Waals surface area (Å²) in [5.41, 5.74) is 4.12. The summed E-state index contributed by atoms with van der Waals surface area (Å²) >= 11 is 0. The summed E-state index contributed by atoms with van der Waals surface area (Å²) in [6.07, 6.45) is 0.833. The van der Waals surface area contributed by atoms with Crippen molar-refractivity contribution in [3.05, 3.63) is 23.4 Å². The molecule has 1 N–H and O–H groups in total. The lowest BCUT2D eigenvalue weighted by Gasteiger charge is -2.22. The number of fused-ring (bicyclic) bond motifs is 2. The summed E-state index contributed by atoms with van der Waals surface area (Å²) in [5.74, 6) is 1.50. The van der Waals surface area contributed by atoms with E-state index in [0.717, 1.165) is 52.4 Å². The van der Waals surface area contributed by atoms with E-state index in [1.54, 1.807) is 14.2 Å². The van der Waals surface area contributed by atoms with Crippen LogP contribution in [0.1, 0.15) is 11.3 Å². The minimum atomic E-state index is 0.587. The molecule has 1 aliphatic heterocycles. The number of pyridine rings is 1. The van der Waals surface area contributed by atoms with E-state index >= 15 is 0 Å². The van der Waals surface area contributed by atoms with Gasteiger partial charge in [0.1, 0.15) is 11.5 Å². The Hall–Kier alpha value is -2.01. The van der Waals surface area contributed by atoms with Gasteiger partial charge in [0.15, 0.2) is 0 Å². The lowest BCUT2D eigenvalue weighted by atomic mass is 10.0. The highest BCUT2D eigenvalue weighted by molar-refractivity contribution is 5.99. The van der Waals surface area contributed by atoms with Gasteiger partial charge in [0.25, 0.3) is 0 Å². The third-order valence-electron chi connectivity index (χ3n) is 3.65. The molecule has 1 aromatic heterocycles. The fraction of sp³-hybridized carbons (Fsp3) is 0.400. The molecular weight excluding hydrogens is 256 g/mol. The average molecular weight is 274 g/mol. The van der Waals surface area contributed by atoms with Gasteiger partial charge in [-0.2, -0.15) is 0 Å². The molecule has 0 aliphatic carbocycles. The highest BCUT2D eigenvalue weighted by atomic mass is 16.5. The maximum Gasteiger partial charge on any atom is 0.134 e. The molecule has 1 aliphatic rings. The van der Waals surface area contributed by atoms with E-state index in [9.17, 15) is 0 Å². The molecule has 5 nitrogen and oxygen atoms in total. The van der Waals surface area contributed by atoms with E-state index < -0.39 is 0 Å². The van der Waals surface area contributed by atoms with Gasteiger partial charge in [-0.3, -0.25) is 4.98 Å². The number of methoxy groups -OCH3 is 2. The molecule has 0 bridgehead atoms. The molecule has 0 unspecified atom stereocenters. The van der Waals surface area contributed by atoms with Crippen LogP contribution in [0.4, 0.5) is 5.69 Å². The number of rotatable bonds is 3. The van der Waals surface area contributed by atoms with Crippen molar-refractivity contribution in [2.75, 3.05) is 33.2 Å². The Morgan fingerprint density at radius 2 is 2.10 bits per heavy atom. The molecule has 5 heteroatoms. The number of anilines is 1. The Bertz CT molecular complexity index is 655. The standard InChI is InChI=1S/C15H18N2O3/c1-16-15-10-8-20-5-4-11(10)17-12-6-9(18-2)7-13(19-3)14(12)15/h6-7H,4-5,8H2,1-3H3,(H,16,17). The molecule has 3 rings (SSSR count). The summed E-state index contributed by atoms with van der Waals surface area (Å²) in [5, 5.41) is 4.24. The average Bonchev–Trinajstić information content (AvgIpc) is 2.51. The van der Waals surface area contributed by atoms with Gasteiger partial charge in [0, 0.05) is 31.2 Å². The minimum absolute atomic E-state index is 0.587. The number of nitrogens with zero attached hydrogens (tertiary/aromatic N) is 1. The van der Waals surface area contributed by atoms with Crippen LogP contribution in [0.3, 0.4) is 0 Å². The van der Waals surface area contributed by atoms with Crippen LogP contribution in [0.2, 0.25) is 0 Å². The van der Waals surface area contributed by atoms with Gasteiger partial charge in [-0.15, -0.1) is 0 Å². The summed E-state index contributed by atoms with van der Waals surface area (Å²) in [4.78, 5) is 4.76. The van der Waals surface area contributed by atoms with Gasteiger partial charge in [0.05, 0.1) is 49.7 Å². The molecule has 0 fully saturated rings. The van der Waals surface area contributed by atoms with E-state index in [2.05, 4.69) is 5.32 Å². The first-order chi connectivity index (χ1) is 9.78. The van der Waals surface area contributed by atoms with Crippen LogP contribution in [0.25, 0.3) is 10.9 Å². The van der Waals surface area contributed by atoms with Crippen LogP contribution in [0.15, 0.2) is 12.1 Å². The number of hydrogen-bond donors (Lipinski definition) is 1. The van der Waals surface area contributed by atoms with Crippen molar-refractivity contribution in [3.8, 4) is 11.5 Å². The SMILES string of the molecule is CNc1c2c(nc3cc(OC)cc(OC)c13)CCOC2. The van der Waals surface area contributed by atoms with Crippen molar-refractivity contribution in [1.29, 1.82) is 0 Å². The zero-order valence-electron chi connectivity index (χ0n) is 11.9. The van der Waals surface area contributed by atoms with Crippen LogP contribution in [-0.4, -0.2) is 32.9 Å². The molecule has 0 amide bonds. The summed E-state index contributed by atoms with van der Waals surface area (Å²) in [6.45, 7) is 1.30. The highest BCUT2D eigenvalue weighted by Gasteiger charge is 2.20. The quantitative estimate of drug-likeness (QED) is 0.931. The first-order valence-corrected chi connectivity index (χ1v) is 6.61. The predicted octanol–water partition coefficient (Wildman–Crippen LogP) is 2.37.